The summed E-state index contributed by atoms with van der Waals surface area (Å²) in [4.78, 5) is -0.118. The maximum Gasteiger partial charge on any atom is 0.238 e. The van der Waals surface area contributed by atoms with E-state index in [-0.39, 0.29) is 21.3 Å². The van der Waals surface area contributed by atoms with E-state index in [9.17, 15) is 12.8 Å². The molecular weight excluding hydrogens is 305 g/mol. The number of nitrogen functional groups attached to an aromatic ring is 1. The SMILES string of the molecule is Nc1cc(S(N)(=O)=O)ccc1Nc1cccc(Cl)c1F. The van der Waals surface area contributed by atoms with Crippen LogP contribution in [0.4, 0.5) is 21.5 Å². The summed E-state index contributed by atoms with van der Waals surface area (Å²) >= 11 is 5.66. The van der Waals surface area contributed by atoms with E-state index >= 15 is 0 Å². The Hall–Kier alpha value is -1.83. The number of rotatable bonds is 3. The van der Waals surface area contributed by atoms with Gasteiger partial charge in [0.25, 0.3) is 0 Å². The van der Waals surface area contributed by atoms with Gasteiger partial charge in [-0.05, 0) is 30.3 Å². The second-order valence-electron chi connectivity index (χ2n) is 4.02. The molecule has 0 saturated carbocycles. The van der Waals surface area contributed by atoms with Gasteiger partial charge < -0.3 is 11.1 Å². The monoisotopic (exact) mass is 315 g/mol. The Kier molecular flexibility index (Phi) is 3.85. The van der Waals surface area contributed by atoms with Crippen LogP contribution in [0.1, 0.15) is 0 Å². The van der Waals surface area contributed by atoms with E-state index in [1.54, 1.807) is 6.07 Å². The number of nitrogens with two attached hydrogens (primary N) is 2. The zero-order valence-corrected chi connectivity index (χ0v) is 11.7. The summed E-state index contributed by atoms with van der Waals surface area (Å²) in [5, 5.41) is 7.70. The molecule has 2 aromatic carbocycles. The van der Waals surface area contributed by atoms with E-state index in [0.29, 0.717) is 5.69 Å². The van der Waals surface area contributed by atoms with Crippen LogP contribution in [-0.2, 0) is 10.0 Å². The molecule has 0 spiro atoms. The number of primary sulfonamides is 1. The number of halogens is 2. The van der Waals surface area contributed by atoms with Crippen molar-refractivity contribution >= 4 is 38.7 Å². The predicted molar refractivity (Wildman–Crippen MR) is 76.9 cm³/mol. The third-order valence-electron chi connectivity index (χ3n) is 2.57. The maximum atomic E-state index is 13.7. The van der Waals surface area contributed by atoms with Crippen LogP contribution in [0.2, 0.25) is 5.02 Å². The smallest absolute Gasteiger partial charge is 0.238 e. The number of hydrogen-bond acceptors (Lipinski definition) is 4. The summed E-state index contributed by atoms with van der Waals surface area (Å²) in [7, 11) is -3.83. The lowest BCUT2D eigenvalue weighted by molar-refractivity contribution is 0.598. The van der Waals surface area contributed by atoms with Gasteiger partial charge in [-0.25, -0.2) is 17.9 Å². The fraction of sp³-hybridized carbons (Fsp3) is 0. The van der Waals surface area contributed by atoms with Crippen LogP contribution in [-0.4, -0.2) is 8.42 Å². The van der Waals surface area contributed by atoms with Crippen LogP contribution in [0.5, 0.6) is 0 Å². The first-order chi connectivity index (χ1) is 9.29. The lowest BCUT2D eigenvalue weighted by Gasteiger charge is -2.11. The summed E-state index contributed by atoms with van der Waals surface area (Å²) < 4.78 is 36.1. The number of nitrogens with one attached hydrogen (secondary N) is 1. The minimum absolute atomic E-state index is 0.0327. The third-order valence-corrected chi connectivity index (χ3v) is 3.78. The molecule has 0 aliphatic rings. The van der Waals surface area contributed by atoms with Crippen molar-refractivity contribution in [2.24, 2.45) is 5.14 Å². The first kappa shape index (κ1) is 14.6. The minimum Gasteiger partial charge on any atom is -0.397 e. The fourth-order valence-corrected chi connectivity index (χ4v) is 2.30. The maximum absolute atomic E-state index is 13.7. The van der Waals surface area contributed by atoms with E-state index in [0.717, 1.165) is 0 Å². The largest absolute Gasteiger partial charge is 0.397 e. The van der Waals surface area contributed by atoms with E-state index in [1.807, 2.05) is 0 Å². The van der Waals surface area contributed by atoms with Crippen molar-refractivity contribution in [3.05, 3.63) is 47.2 Å². The minimum atomic E-state index is -3.83. The van der Waals surface area contributed by atoms with Gasteiger partial charge in [0.2, 0.25) is 10.0 Å². The Morgan fingerprint density at radius 2 is 1.85 bits per heavy atom. The zero-order chi connectivity index (χ0) is 14.9. The average molecular weight is 316 g/mol. The molecule has 0 aliphatic heterocycles. The van der Waals surface area contributed by atoms with Gasteiger partial charge in [0.1, 0.15) is 0 Å². The average Bonchev–Trinajstić information content (AvgIpc) is 2.36. The molecule has 0 radical (unpaired) electrons. The van der Waals surface area contributed by atoms with Gasteiger partial charge in [-0.3, -0.25) is 0 Å². The molecule has 0 aliphatic carbocycles. The molecule has 5 nitrogen and oxygen atoms in total. The summed E-state index contributed by atoms with van der Waals surface area (Å²) in [5.74, 6) is -0.621. The van der Waals surface area contributed by atoms with Gasteiger partial charge in [-0.15, -0.1) is 0 Å². The van der Waals surface area contributed by atoms with E-state index in [1.165, 1.54) is 30.3 Å². The van der Waals surface area contributed by atoms with Gasteiger partial charge in [0.15, 0.2) is 5.82 Å². The first-order valence-electron chi connectivity index (χ1n) is 5.42. The van der Waals surface area contributed by atoms with Crippen molar-refractivity contribution in [3.63, 3.8) is 0 Å². The molecule has 8 heteroatoms. The van der Waals surface area contributed by atoms with Gasteiger partial charge in [-0.1, -0.05) is 17.7 Å². The number of benzene rings is 2. The Balaban J connectivity index is 2.38. The van der Waals surface area contributed by atoms with Gasteiger partial charge in [0.05, 0.1) is 27.0 Å². The van der Waals surface area contributed by atoms with Crippen molar-refractivity contribution in [1.29, 1.82) is 0 Å². The molecule has 5 N–H and O–H groups in total. The topological polar surface area (TPSA) is 98.2 Å². The van der Waals surface area contributed by atoms with Crippen LogP contribution in [0.15, 0.2) is 41.3 Å². The molecule has 2 aromatic rings. The zero-order valence-electron chi connectivity index (χ0n) is 10.1. The fourth-order valence-electron chi connectivity index (χ4n) is 1.58. The Labute approximate surface area is 120 Å². The second kappa shape index (κ2) is 5.28. The van der Waals surface area contributed by atoms with Crippen LogP contribution in [0.3, 0.4) is 0 Å². The van der Waals surface area contributed by atoms with Crippen LogP contribution in [0.25, 0.3) is 0 Å². The lowest BCUT2D eigenvalue weighted by atomic mass is 10.2. The molecular formula is C12H11ClFN3O2S. The van der Waals surface area contributed by atoms with Crippen molar-refractivity contribution in [2.45, 2.75) is 4.90 Å². The molecule has 0 atom stereocenters. The molecule has 2 rings (SSSR count). The predicted octanol–water partition coefficient (Wildman–Crippen LogP) is 2.45. The molecule has 0 bridgehead atoms. The Bertz CT molecular complexity index is 765. The van der Waals surface area contributed by atoms with Crippen LogP contribution in [0, 0.1) is 5.82 Å². The normalized spacial score (nSPS) is 11.3. The molecule has 0 heterocycles. The van der Waals surface area contributed by atoms with E-state index < -0.39 is 15.8 Å². The summed E-state index contributed by atoms with van der Waals surface area (Å²) in [6.45, 7) is 0. The quantitative estimate of drug-likeness (QED) is 0.758. The number of anilines is 3. The molecule has 20 heavy (non-hydrogen) atoms. The standard InChI is InChI=1S/C12H11ClFN3O2S/c13-8-2-1-3-11(12(8)14)17-10-5-4-7(6-9(10)15)20(16,18)19/h1-6,17H,15H2,(H2,16,18,19). The second-order valence-corrected chi connectivity index (χ2v) is 5.99. The highest BCUT2D eigenvalue weighted by molar-refractivity contribution is 7.89. The third kappa shape index (κ3) is 3.01. The van der Waals surface area contributed by atoms with Gasteiger partial charge >= 0.3 is 0 Å². The molecule has 0 aromatic heterocycles. The Morgan fingerprint density at radius 3 is 2.45 bits per heavy atom. The van der Waals surface area contributed by atoms with Crippen molar-refractivity contribution in [3.8, 4) is 0 Å². The summed E-state index contributed by atoms with van der Waals surface area (Å²) in [6, 6.07) is 8.33. The summed E-state index contributed by atoms with van der Waals surface area (Å²) in [6.07, 6.45) is 0. The molecule has 0 fully saturated rings. The highest BCUT2D eigenvalue weighted by Gasteiger charge is 2.12. The van der Waals surface area contributed by atoms with E-state index in [2.05, 4.69) is 5.32 Å². The van der Waals surface area contributed by atoms with E-state index in [4.69, 9.17) is 22.5 Å². The Morgan fingerprint density at radius 1 is 1.15 bits per heavy atom. The first-order valence-corrected chi connectivity index (χ1v) is 7.35. The highest BCUT2D eigenvalue weighted by Crippen LogP contribution is 2.29. The number of hydrogen-bond donors (Lipinski definition) is 3. The lowest BCUT2D eigenvalue weighted by Crippen LogP contribution is -2.12. The molecule has 0 saturated heterocycles. The van der Waals surface area contributed by atoms with Crippen molar-refractivity contribution < 1.29 is 12.8 Å². The van der Waals surface area contributed by atoms with Crippen LogP contribution < -0.4 is 16.2 Å². The molecule has 0 amide bonds. The van der Waals surface area contributed by atoms with Crippen molar-refractivity contribution in [1.82, 2.24) is 0 Å². The number of sulfonamides is 1. The van der Waals surface area contributed by atoms with Crippen LogP contribution >= 0.6 is 11.6 Å². The van der Waals surface area contributed by atoms with Crippen molar-refractivity contribution in [2.75, 3.05) is 11.1 Å². The highest BCUT2D eigenvalue weighted by atomic mass is 35.5. The molecule has 0 unspecified atom stereocenters. The molecule has 106 valence electrons. The summed E-state index contributed by atoms with van der Waals surface area (Å²) in [5.41, 5.74) is 6.32. The van der Waals surface area contributed by atoms with Gasteiger partial charge in [-0.2, -0.15) is 0 Å². The van der Waals surface area contributed by atoms with Gasteiger partial charge in [0, 0.05) is 0 Å².